The number of amides is 2. The zero-order chi connectivity index (χ0) is 24.3. The molecule has 0 aliphatic carbocycles. The van der Waals surface area contributed by atoms with Gasteiger partial charge in [0.1, 0.15) is 17.2 Å². The maximum absolute atomic E-state index is 12.7. The van der Waals surface area contributed by atoms with Crippen LogP contribution in [0.2, 0.25) is 0 Å². The lowest BCUT2D eigenvalue weighted by Crippen LogP contribution is -2.33. The van der Waals surface area contributed by atoms with Crippen molar-refractivity contribution in [2.24, 2.45) is 0 Å². The number of methoxy groups -OCH3 is 3. The van der Waals surface area contributed by atoms with Crippen LogP contribution in [0.5, 0.6) is 17.2 Å². The van der Waals surface area contributed by atoms with Crippen molar-refractivity contribution in [3.63, 3.8) is 0 Å². The molecule has 7 nitrogen and oxygen atoms in total. The van der Waals surface area contributed by atoms with Gasteiger partial charge in [-0.3, -0.25) is 9.59 Å². The number of nitrogens with one attached hydrogen (secondary N) is 2. The highest BCUT2D eigenvalue weighted by atomic mass is 16.5. The summed E-state index contributed by atoms with van der Waals surface area (Å²) in [5, 5.41) is 5.88. The molecule has 1 unspecified atom stereocenters. The first kappa shape index (κ1) is 24.6. The summed E-state index contributed by atoms with van der Waals surface area (Å²) in [6.07, 6.45) is 0.756. The van der Waals surface area contributed by atoms with E-state index in [1.807, 2.05) is 48.5 Å². The van der Waals surface area contributed by atoms with Crippen LogP contribution in [-0.2, 0) is 11.2 Å². The van der Waals surface area contributed by atoms with Gasteiger partial charge in [-0.15, -0.1) is 0 Å². The van der Waals surface area contributed by atoms with Crippen LogP contribution in [0.1, 0.15) is 33.9 Å². The summed E-state index contributed by atoms with van der Waals surface area (Å²) in [6.45, 7) is 0.209. The van der Waals surface area contributed by atoms with Crippen molar-refractivity contribution in [3.05, 3.63) is 89.5 Å². The van der Waals surface area contributed by atoms with E-state index in [0.29, 0.717) is 17.7 Å². The Labute approximate surface area is 200 Å². The first-order valence-corrected chi connectivity index (χ1v) is 11.0. The highest BCUT2D eigenvalue weighted by Gasteiger charge is 2.17. The van der Waals surface area contributed by atoms with E-state index in [1.165, 1.54) is 7.11 Å². The molecule has 0 aliphatic rings. The third-order valence-corrected chi connectivity index (χ3v) is 5.44. The summed E-state index contributed by atoms with van der Waals surface area (Å²) >= 11 is 0. The minimum atomic E-state index is -0.282. The molecule has 0 aliphatic heterocycles. The van der Waals surface area contributed by atoms with E-state index in [9.17, 15) is 9.59 Å². The third kappa shape index (κ3) is 6.75. The summed E-state index contributed by atoms with van der Waals surface area (Å²) in [4.78, 5) is 25.2. The SMILES string of the molecule is COc1ccc(CC(NC(=O)CCNC(=O)c2ccccc2OC)c2ccc(OC)cc2)cc1. The number of carbonyl (C=O) groups is 2. The van der Waals surface area contributed by atoms with Gasteiger partial charge in [-0.25, -0.2) is 0 Å². The quantitative estimate of drug-likeness (QED) is 0.451. The predicted octanol–water partition coefficient (Wildman–Crippen LogP) is 3.93. The summed E-state index contributed by atoms with van der Waals surface area (Å²) in [7, 11) is 4.76. The molecule has 3 aromatic rings. The molecule has 1 atom stereocenters. The second-order valence-corrected chi connectivity index (χ2v) is 7.65. The van der Waals surface area contributed by atoms with Crippen molar-refractivity contribution in [1.82, 2.24) is 10.6 Å². The molecular formula is C27H30N2O5. The number of hydrogen-bond acceptors (Lipinski definition) is 5. The van der Waals surface area contributed by atoms with E-state index >= 15 is 0 Å². The highest BCUT2D eigenvalue weighted by molar-refractivity contribution is 5.97. The number of hydrogen-bond donors (Lipinski definition) is 2. The summed E-state index contributed by atoms with van der Waals surface area (Å²) < 4.78 is 15.7. The average Bonchev–Trinajstić information content (AvgIpc) is 2.88. The molecular weight excluding hydrogens is 432 g/mol. The van der Waals surface area contributed by atoms with Gasteiger partial charge in [-0.1, -0.05) is 36.4 Å². The molecule has 2 amide bonds. The maximum atomic E-state index is 12.7. The number of benzene rings is 3. The number of para-hydroxylation sites is 1. The molecule has 0 saturated heterocycles. The second-order valence-electron chi connectivity index (χ2n) is 7.65. The minimum absolute atomic E-state index is 0.149. The topological polar surface area (TPSA) is 85.9 Å². The highest BCUT2D eigenvalue weighted by Crippen LogP contribution is 2.23. The van der Waals surface area contributed by atoms with E-state index in [4.69, 9.17) is 14.2 Å². The average molecular weight is 463 g/mol. The molecule has 0 radical (unpaired) electrons. The Bertz CT molecular complexity index is 1080. The molecule has 7 heteroatoms. The van der Waals surface area contributed by atoms with Crippen LogP contribution in [-0.4, -0.2) is 39.7 Å². The largest absolute Gasteiger partial charge is 0.497 e. The molecule has 0 spiro atoms. The molecule has 0 bridgehead atoms. The summed E-state index contributed by atoms with van der Waals surface area (Å²) in [5.74, 6) is 1.57. The van der Waals surface area contributed by atoms with E-state index < -0.39 is 0 Å². The van der Waals surface area contributed by atoms with Crippen LogP contribution in [0.4, 0.5) is 0 Å². The van der Waals surface area contributed by atoms with Crippen molar-refractivity contribution >= 4 is 11.8 Å². The maximum Gasteiger partial charge on any atom is 0.255 e. The number of carbonyl (C=O) groups excluding carboxylic acids is 2. The smallest absolute Gasteiger partial charge is 0.255 e. The zero-order valence-electron chi connectivity index (χ0n) is 19.7. The summed E-state index contributed by atoms with van der Waals surface area (Å²) in [5.41, 5.74) is 2.45. The third-order valence-electron chi connectivity index (χ3n) is 5.44. The van der Waals surface area contributed by atoms with Crippen LogP contribution in [0.15, 0.2) is 72.8 Å². The summed E-state index contributed by atoms with van der Waals surface area (Å²) in [6, 6.07) is 22.1. The van der Waals surface area contributed by atoms with Gasteiger partial charge in [0.15, 0.2) is 0 Å². The van der Waals surface area contributed by atoms with Gasteiger partial charge in [0.2, 0.25) is 5.91 Å². The minimum Gasteiger partial charge on any atom is -0.497 e. The van der Waals surface area contributed by atoms with Crippen LogP contribution < -0.4 is 24.8 Å². The Morgan fingerprint density at radius 1 is 0.794 bits per heavy atom. The van der Waals surface area contributed by atoms with Gasteiger partial charge in [0, 0.05) is 13.0 Å². The van der Waals surface area contributed by atoms with Crippen LogP contribution >= 0.6 is 0 Å². The first-order chi connectivity index (χ1) is 16.5. The lowest BCUT2D eigenvalue weighted by atomic mass is 9.98. The second kappa shape index (κ2) is 12.3. The van der Waals surface area contributed by atoms with Gasteiger partial charge >= 0.3 is 0 Å². The van der Waals surface area contributed by atoms with Crippen molar-refractivity contribution in [3.8, 4) is 17.2 Å². The monoisotopic (exact) mass is 462 g/mol. The fourth-order valence-corrected chi connectivity index (χ4v) is 3.57. The Hall–Kier alpha value is -4.00. The van der Waals surface area contributed by atoms with Gasteiger partial charge in [0.05, 0.1) is 32.9 Å². The van der Waals surface area contributed by atoms with Crippen LogP contribution in [0.3, 0.4) is 0 Å². The standard InChI is InChI=1S/C27H30N2O5/c1-32-21-12-8-19(9-13-21)18-24(20-10-14-22(33-2)15-11-20)29-26(30)16-17-28-27(31)23-6-4-5-7-25(23)34-3/h4-15,24H,16-18H2,1-3H3,(H,28,31)(H,29,30). The van der Waals surface area contributed by atoms with E-state index in [0.717, 1.165) is 22.6 Å². The molecule has 0 heterocycles. The molecule has 3 rings (SSSR count). The molecule has 178 valence electrons. The number of ether oxygens (including phenoxy) is 3. The van der Waals surface area contributed by atoms with E-state index in [2.05, 4.69) is 10.6 Å². The van der Waals surface area contributed by atoms with Crippen molar-refractivity contribution < 1.29 is 23.8 Å². The molecule has 0 saturated carbocycles. The fraction of sp³-hybridized carbons (Fsp3) is 0.259. The Morgan fingerprint density at radius 2 is 1.41 bits per heavy atom. The molecule has 0 aromatic heterocycles. The number of rotatable bonds is 11. The van der Waals surface area contributed by atoms with Crippen molar-refractivity contribution in [2.75, 3.05) is 27.9 Å². The van der Waals surface area contributed by atoms with Crippen LogP contribution in [0.25, 0.3) is 0 Å². The fourth-order valence-electron chi connectivity index (χ4n) is 3.57. The first-order valence-electron chi connectivity index (χ1n) is 11.0. The van der Waals surface area contributed by atoms with Gasteiger partial charge in [-0.2, -0.15) is 0 Å². The van der Waals surface area contributed by atoms with Gasteiger partial charge in [0.25, 0.3) is 5.91 Å². The van der Waals surface area contributed by atoms with E-state index in [1.54, 1.807) is 38.5 Å². The van der Waals surface area contributed by atoms with E-state index in [-0.39, 0.29) is 30.8 Å². The molecule has 2 N–H and O–H groups in total. The Morgan fingerprint density at radius 3 is 2.03 bits per heavy atom. The Balaban J connectivity index is 1.63. The molecule has 34 heavy (non-hydrogen) atoms. The molecule has 3 aromatic carbocycles. The lowest BCUT2D eigenvalue weighted by molar-refractivity contribution is -0.121. The Kier molecular flexibility index (Phi) is 8.91. The van der Waals surface area contributed by atoms with Gasteiger partial charge in [-0.05, 0) is 53.9 Å². The molecule has 0 fully saturated rings. The lowest BCUT2D eigenvalue weighted by Gasteiger charge is -2.20. The zero-order valence-corrected chi connectivity index (χ0v) is 19.7. The van der Waals surface area contributed by atoms with Crippen LogP contribution in [0, 0.1) is 0 Å². The van der Waals surface area contributed by atoms with Crippen molar-refractivity contribution in [1.29, 1.82) is 0 Å². The normalized spacial score (nSPS) is 11.3. The van der Waals surface area contributed by atoms with Gasteiger partial charge < -0.3 is 24.8 Å². The van der Waals surface area contributed by atoms with Crippen molar-refractivity contribution in [2.45, 2.75) is 18.9 Å². The predicted molar refractivity (Wildman–Crippen MR) is 131 cm³/mol.